The molecule has 0 aliphatic heterocycles. The van der Waals surface area contributed by atoms with Crippen LogP contribution in [0.15, 0.2) is 36.7 Å². The van der Waals surface area contributed by atoms with Crippen LogP contribution in [0.25, 0.3) is 11.1 Å². The number of hydrogen-bond donors (Lipinski definition) is 0. The summed E-state index contributed by atoms with van der Waals surface area (Å²) in [6, 6.07) is 7.00. The van der Waals surface area contributed by atoms with Gasteiger partial charge in [-0.05, 0) is 29.8 Å². The van der Waals surface area contributed by atoms with Crippen molar-refractivity contribution < 1.29 is 9.53 Å². The van der Waals surface area contributed by atoms with Gasteiger partial charge in [0, 0.05) is 22.3 Å². The van der Waals surface area contributed by atoms with Crippen molar-refractivity contribution in [2.45, 2.75) is 0 Å². The van der Waals surface area contributed by atoms with Gasteiger partial charge in [-0.15, -0.1) is 0 Å². The average molecular weight is 248 g/mol. The molecular weight excluding hydrogens is 238 g/mol. The molecule has 0 atom stereocenters. The zero-order chi connectivity index (χ0) is 12.3. The fraction of sp³-hybridized carbons (Fsp3) is 0.0769. The van der Waals surface area contributed by atoms with Gasteiger partial charge in [0.2, 0.25) is 0 Å². The number of aromatic nitrogens is 1. The van der Waals surface area contributed by atoms with Crippen LogP contribution in [0.4, 0.5) is 0 Å². The first-order valence-corrected chi connectivity index (χ1v) is 5.36. The Labute approximate surface area is 104 Å². The molecule has 1 aromatic carbocycles. The number of methoxy groups -OCH3 is 1. The highest BCUT2D eigenvalue weighted by atomic mass is 35.5. The molecule has 2 rings (SSSR count). The molecule has 0 bridgehead atoms. The van der Waals surface area contributed by atoms with Crippen molar-refractivity contribution >= 4 is 17.9 Å². The van der Waals surface area contributed by atoms with Crippen LogP contribution >= 0.6 is 11.6 Å². The summed E-state index contributed by atoms with van der Waals surface area (Å²) < 4.78 is 5.10. The molecule has 3 nitrogen and oxygen atoms in total. The van der Waals surface area contributed by atoms with Gasteiger partial charge in [-0.2, -0.15) is 0 Å². The van der Waals surface area contributed by atoms with E-state index in [9.17, 15) is 4.79 Å². The zero-order valence-corrected chi connectivity index (χ0v) is 9.94. The van der Waals surface area contributed by atoms with Crippen LogP contribution in [0.1, 0.15) is 10.4 Å². The second-order valence-corrected chi connectivity index (χ2v) is 3.94. The highest BCUT2D eigenvalue weighted by molar-refractivity contribution is 6.31. The molecule has 1 heterocycles. The number of halogens is 1. The SMILES string of the molecule is COc1cncc(-c2cc(Cl)cc(C=O)c2)c1. The molecule has 0 N–H and O–H groups in total. The summed E-state index contributed by atoms with van der Waals surface area (Å²) in [6.07, 6.45) is 4.08. The van der Waals surface area contributed by atoms with Crippen LogP contribution < -0.4 is 4.74 Å². The molecule has 86 valence electrons. The molecule has 17 heavy (non-hydrogen) atoms. The van der Waals surface area contributed by atoms with Crippen LogP contribution in [0.5, 0.6) is 5.75 Å². The molecule has 0 radical (unpaired) electrons. The Kier molecular flexibility index (Phi) is 3.40. The maximum absolute atomic E-state index is 10.8. The number of nitrogens with zero attached hydrogens (tertiary/aromatic N) is 1. The fourth-order valence-electron chi connectivity index (χ4n) is 1.54. The van der Waals surface area contributed by atoms with Gasteiger partial charge < -0.3 is 4.74 Å². The van der Waals surface area contributed by atoms with E-state index in [2.05, 4.69) is 4.98 Å². The lowest BCUT2D eigenvalue weighted by Crippen LogP contribution is -1.88. The zero-order valence-electron chi connectivity index (χ0n) is 9.18. The van der Waals surface area contributed by atoms with Crippen molar-refractivity contribution in [2.75, 3.05) is 7.11 Å². The number of rotatable bonds is 3. The highest BCUT2D eigenvalue weighted by Gasteiger charge is 2.03. The van der Waals surface area contributed by atoms with Crippen molar-refractivity contribution in [1.29, 1.82) is 0 Å². The van der Waals surface area contributed by atoms with Crippen LogP contribution in [-0.2, 0) is 0 Å². The van der Waals surface area contributed by atoms with Gasteiger partial charge in [-0.1, -0.05) is 11.6 Å². The van der Waals surface area contributed by atoms with E-state index in [0.29, 0.717) is 16.3 Å². The van der Waals surface area contributed by atoms with Gasteiger partial charge in [0.1, 0.15) is 12.0 Å². The van der Waals surface area contributed by atoms with E-state index in [1.165, 1.54) is 0 Å². The first-order valence-electron chi connectivity index (χ1n) is 4.98. The van der Waals surface area contributed by atoms with Gasteiger partial charge >= 0.3 is 0 Å². The minimum atomic E-state index is 0.521. The second kappa shape index (κ2) is 4.97. The van der Waals surface area contributed by atoms with Crippen LogP contribution in [0.3, 0.4) is 0 Å². The quantitative estimate of drug-likeness (QED) is 0.782. The topological polar surface area (TPSA) is 39.2 Å². The standard InChI is InChI=1S/C13H10ClNO2/c1-17-13-5-11(6-15-7-13)10-2-9(8-16)3-12(14)4-10/h2-8H,1H3. The summed E-state index contributed by atoms with van der Waals surface area (Å²) in [5, 5.41) is 0.521. The van der Waals surface area contributed by atoms with E-state index in [1.807, 2.05) is 6.07 Å². The number of hydrogen-bond acceptors (Lipinski definition) is 3. The van der Waals surface area contributed by atoms with Gasteiger partial charge in [-0.3, -0.25) is 9.78 Å². The Morgan fingerprint density at radius 2 is 2.00 bits per heavy atom. The third kappa shape index (κ3) is 2.63. The normalized spacial score (nSPS) is 10.0. The lowest BCUT2D eigenvalue weighted by atomic mass is 10.1. The van der Waals surface area contributed by atoms with Gasteiger partial charge in [0.15, 0.2) is 0 Å². The average Bonchev–Trinajstić information content (AvgIpc) is 2.38. The Bertz CT molecular complexity index is 555. The third-order valence-electron chi connectivity index (χ3n) is 2.34. The molecule has 4 heteroatoms. The van der Waals surface area contributed by atoms with Crippen molar-refractivity contribution in [3.8, 4) is 16.9 Å². The molecule has 2 aromatic rings. The van der Waals surface area contributed by atoms with Crippen LogP contribution in [0.2, 0.25) is 5.02 Å². The molecule has 0 saturated heterocycles. The lowest BCUT2D eigenvalue weighted by Gasteiger charge is -2.05. The number of carbonyl (C=O) groups excluding carboxylic acids is 1. The molecule has 0 aliphatic carbocycles. The first-order chi connectivity index (χ1) is 8.22. The van der Waals surface area contributed by atoms with Gasteiger partial charge in [0.05, 0.1) is 13.3 Å². The largest absolute Gasteiger partial charge is 0.495 e. The smallest absolute Gasteiger partial charge is 0.150 e. The van der Waals surface area contributed by atoms with E-state index in [-0.39, 0.29) is 0 Å². The summed E-state index contributed by atoms with van der Waals surface area (Å²) in [4.78, 5) is 14.8. The number of aldehydes is 1. The molecule has 0 saturated carbocycles. The predicted molar refractivity (Wildman–Crippen MR) is 66.6 cm³/mol. The van der Waals surface area contributed by atoms with Gasteiger partial charge in [-0.25, -0.2) is 0 Å². The van der Waals surface area contributed by atoms with Crippen molar-refractivity contribution in [2.24, 2.45) is 0 Å². The van der Waals surface area contributed by atoms with Crippen molar-refractivity contribution in [3.05, 3.63) is 47.2 Å². The highest BCUT2D eigenvalue weighted by Crippen LogP contribution is 2.26. The summed E-state index contributed by atoms with van der Waals surface area (Å²) >= 11 is 5.94. The molecule has 0 amide bonds. The maximum Gasteiger partial charge on any atom is 0.150 e. The molecule has 0 spiro atoms. The summed E-state index contributed by atoms with van der Waals surface area (Å²) in [5.41, 5.74) is 2.23. The van der Waals surface area contributed by atoms with E-state index < -0.39 is 0 Å². The molecular formula is C13H10ClNO2. The minimum absolute atomic E-state index is 0.521. The van der Waals surface area contributed by atoms with E-state index in [0.717, 1.165) is 17.4 Å². The molecule has 0 aliphatic rings. The first kappa shape index (κ1) is 11.6. The predicted octanol–water partition coefficient (Wildman–Crippen LogP) is 3.22. The number of ether oxygens (including phenoxy) is 1. The van der Waals surface area contributed by atoms with E-state index in [1.54, 1.807) is 37.7 Å². The summed E-state index contributed by atoms with van der Waals surface area (Å²) in [7, 11) is 1.58. The van der Waals surface area contributed by atoms with E-state index in [4.69, 9.17) is 16.3 Å². The van der Waals surface area contributed by atoms with Gasteiger partial charge in [0.25, 0.3) is 0 Å². The lowest BCUT2D eigenvalue weighted by molar-refractivity contribution is 0.112. The van der Waals surface area contributed by atoms with Crippen LogP contribution in [-0.4, -0.2) is 18.4 Å². The van der Waals surface area contributed by atoms with Crippen LogP contribution in [0, 0.1) is 0 Å². The third-order valence-corrected chi connectivity index (χ3v) is 2.56. The van der Waals surface area contributed by atoms with Crippen molar-refractivity contribution in [3.63, 3.8) is 0 Å². The van der Waals surface area contributed by atoms with Crippen molar-refractivity contribution in [1.82, 2.24) is 4.98 Å². The Morgan fingerprint density at radius 1 is 1.18 bits per heavy atom. The molecule has 0 unspecified atom stereocenters. The number of carbonyl (C=O) groups is 1. The Balaban J connectivity index is 2.51. The summed E-state index contributed by atoms with van der Waals surface area (Å²) in [6.45, 7) is 0. The second-order valence-electron chi connectivity index (χ2n) is 3.50. The molecule has 1 aromatic heterocycles. The molecule has 0 fully saturated rings. The van der Waals surface area contributed by atoms with E-state index >= 15 is 0 Å². The Hall–Kier alpha value is -1.87. The number of pyridine rings is 1. The maximum atomic E-state index is 10.8. The monoisotopic (exact) mass is 247 g/mol. The summed E-state index contributed by atoms with van der Waals surface area (Å²) in [5.74, 6) is 0.662. The minimum Gasteiger partial charge on any atom is -0.495 e. The fourth-order valence-corrected chi connectivity index (χ4v) is 1.78. The number of benzene rings is 1. The Morgan fingerprint density at radius 3 is 2.71 bits per heavy atom.